The molecular weight excluding hydrogens is 404 g/mol. The zero-order chi connectivity index (χ0) is 21.1. The van der Waals surface area contributed by atoms with Crippen molar-refractivity contribution in [3.63, 3.8) is 0 Å². The number of nitrogens with zero attached hydrogens (tertiary/aromatic N) is 2. The Balaban J connectivity index is 1.63. The molecule has 0 saturated carbocycles. The van der Waals surface area contributed by atoms with E-state index in [4.69, 9.17) is 6.57 Å². The SMILES string of the molecule is [C-]#[N+]c1c[nH]c(C(=O)Nc2ccc(C3CNS(=O)(=O)NC3)cc2C2=CCCCC2)n1. The number of hydrogen-bond donors (Lipinski definition) is 4. The zero-order valence-corrected chi connectivity index (χ0v) is 17.1. The molecule has 2 heterocycles. The summed E-state index contributed by atoms with van der Waals surface area (Å²) in [7, 11) is -3.41. The van der Waals surface area contributed by atoms with Crippen molar-refractivity contribution in [1.29, 1.82) is 0 Å². The van der Waals surface area contributed by atoms with Crippen LogP contribution in [-0.4, -0.2) is 37.4 Å². The first-order chi connectivity index (χ1) is 14.4. The molecule has 1 amide bonds. The molecule has 1 aromatic heterocycles. The molecule has 1 fully saturated rings. The molecular formula is C20H22N6O3S. The van der Waals surface area contributed by atoms with Crippen LogP contribution in [0.2, 0.25) is 0 Å². The first kappa shape index (κ1) is 20.3. The highest BCUT2D eigenvalue weighted by atomic mass is 32.2. The van der Waals surface area contributed by atoms with E-state index in [0.29, 0.717) is 18.8 Å². The normalized spacial score (nSPS) is 19.0. The van der Waals surface area contributed by atoms with Crippen molar-refractivity contribution in [2.75, 3.05) is 18.4 Å². The fourth-order valence-corrected chi connectivity index (χ4v) is 4.66. The number of aromatic nitrogens is 2. The van der Waals surface area contributed by atoms with E-state index in [1.807, 2.05) is 18.2 Å². The van der Waals surface area contributed by atoms with Gasteiger partial charge in [0.25, 0.3) is 21.9 Å². The molecule has 10 heteroatoms. The summed E-state index contributed by atoms with van der Waals surface area (Å²) in [6.07, 6.45) is 7.73. The number of allylic oxidation sites excluding steroid dienone is 2. The number of amides is 1. The maximum absolute atomic E-state index is 12.6. The second-order valence-electron chi connectivity index (χ2n) is 7.35. The van der Waals surface area contributed by atoms with Crippen molar-refractivity contribution in [3.8, 4) is 0 Å². The predicted molar refractivity (Wildman–Crippen MR) is 113 cm³/mol. The summed E-state index contributed by atoms with van der Waals surface area (Å²) in [5.74, 6) is -0.201. The molecule has 156 valence electrons. The fourth-order valence-electron chi connectivity index (χ4n) is 3.72. The topological polar surface area (TPSA) is 120 Å². The van der Waals surface area contributed by atoms with Gasteiger partial charge in [0, 0.05) is 36.5 Å². The molecule has 4 N–H and O–H groups in total. The molecule has 0 atom stereocenters. The zero-order valence-electron chi connectivity index (χ0n) is 16.2. The maximum atomic E-state index is 12.6. The summed E-state index contributed by atoms with van der Waals surface area (Å²) in [4.78, 5) is 22.5. The number of benzene rings is 1. The van der Waals surface area contributed by atoms with E-state index in [1.165, 1.54) is 11.8 Å². The van der Waals surface area contributed by atoms with E-state index in [0.717, 1.165) is 36.8 Å². The third-order valence-corrected chi connectivity index (χ3v) is 6.43. The van der Waals surface area contributed by atoms with Gasteiger partial charge in [0.1, 0.15) is 0 Å². The number of anilines is 1. The second kappa shape index (κ2) is 8.39. The summed E-state index contributed by atoms with van der Waals surface area (Å²) >= 11 is 0. The van der Waals surface area contributed by atoms with Crippen LogP contribution in [0.5, 0.6) is 0 Å². The molecule has 2 aliphatic rings. The molecule has 2 aromatic rings. The minimum absolute atomic E-state index is 0.00693. The molecule has 1 aliphatic heterocycles. The molecule has 30 heavy (non-hydrogen) atoms. The first-order valence-electron chi connectivity index (χ1n) is 9.77. The fraction of sp³-hybridized carbons (Fsp3) is 0.350. The average Bonchev–Trinajstić information content (AvgIpc) is 3.24. The smallest absolute Gasteiger partial charge is 0.316 e. The van der Waals surface area contributed by atoms with E-state index in [1.54, 1.807) is 0 Å². The van der Waals surface area contributed by atoms with Crippen LogP contribution in [0.15, 0.2) is 30.5 Å². The Morgan fingerprint density at radius 2 is 2.03 bits per heavy atom. The highest BCUT2D eigenvalue weighted by molar-refractivity contribution is 7.87. The number of nitrogens with one attached hydrogen (secondary N) is 4. The van der Waals surface area contributed by atoms with Crippen LogP contribution >= 0.6 is 0 Å². The van der Waals surface area contributed by atoms with Crippen molar-refractivity contribution >= 4 is 33.2 Å². The number of aromatic amines is 1. The van der Waals surface area contributed by atoms with E-state index >= 15 is 0 Å². The summed E-state index contributed by atoms with van der Waals surface area (Å²) in [5.41, 5.74) is 3.77. The van der Waals surface area contributed by atoms with Crippen molar-refractivity contribution in [1.82, 2.24) is 19.4 Å². The van der Waals surface area contributed by atoms with Crippen LogP contribution in [0.25, 0.3) is 10.4 Å². The van der Waals surface area contributed by atoms with E-state index in [9.17, 15) is 13.2 Å². The monoisotopic (exact) mass is 426 g/mol. The molecule has 4 rings (SSSR count). The van der Waals surface area contributed by atoms with Crippen molar-refractivity contribution in [2.45, 2.75) is 31.6 Å². The minimum Gasteiger partial charge on any atom is -0.359 e. The van der Waals surface area contributed by atoms with Gasteiger partial charge in [-0.1, -0.05) is 23.7 Å². The molecule has 0 bridgehead atoms. The summed E-state index contributed by atoms with van der Waals surface area (Å²) in [6, 6.07) is 5.78. The van der Waals surface area contributed by atoms with Gasteiger partial charge >= 0.3 is 5.91 Å². The lowest BCUT2D eigenvalue weighted by Crippen LogP contribution is -2.47. The van der Waals surface area contributed by atoms with Gasteiger partial charge in [-0.3, -0.25) is 4.79 Å². The Bertz CT molecular complexity index is 1130. The number of carbonyl (C=O) groups excluding carboxylic acids is 1. The van der Waals surface area contributed by atoms with Crippen LogP contribution in [0.3, 0.4) is 0 Å². The Hall–Kier alpha value is -3.00. The maximum Gasteiger partial charge on any atom is 0.316 e. The molecule has 0 spiro atoms. The van der Waals surface area contributed by atoms with Crippen LogP contribution in [0, 0.1) is 6.57 Å². The lowest BCUT2D eigenvalue weighted by molar-refractivity contribution is 0.101. The predicted octanol–water partition coefficient (Wildman–Crippen LogP) is 2.69. The van der Waals surface area contributed by atoms with Gasteiger partial charge in [0.2, 0.25) is 0 Å². The Morgan fingerprint density at radius 1 is 1.23 bits per heavy atom. The first-order valence-corrected chi connectivity index (χ1v) is 11.3. The molecule has 1 aliphatic carbocycles. The van der Waals surface area contributed by atoms with Gasteiger partial charge < -0.3 is 15.1 Å². The number of carbonyl (C=O) groups is 1. The minimum atomic E-state index is -3.41. The second-order valence-corrected chi connectivity index (χ2v) is 8.93. The average molecular weight is 427 g/mol. The van der Waals surface area contributed by atoms with Gasteiger partial charge in [-0.25, -0.2) is 9.44 Å². The lowest BCUT2D eigenvalue weighted by atomic mass is 9.89. The van der Waals surface area contributed by atoms with Crippen LogP contribution in [-0.2, 0) is 10.2 Å². The largest absolute Gasteiger partial charge is 0.359 e. The van der Waals surface area contributed by atoms with E-state index in [2.05, 4.69) is 35.6 Å². The van der Waals surface area contributed by atoms with Crippen LogP contribution < -0.4 is 14.8 Å². The molecule has 1 saturated heterocycles. The number of rotatable bonds is 4. The summed E-state index contributed by atoms with van der Waals surface area (Å²) in [5, 5.41) is 2.90. The van der Waals surface area contributed by atoms with Gasteiger partial charge in [-0.15, -0.1) is 0 Å². The highest BCUT2D eigenvalue weighted by Crippen LogP contribution is 2.34. The Labute approximate surface area is 175 Å². The molecule has 1 aromatic carbocycles. The van der Waals surface area contributed by atoms with E-state index < -0.39 is 16.1 Å². The van der Waals surface area contributed by atoms with Gasteiger partial charge in [-0.05, 0) is 49.0 Å². The Kier molecular flexibility index (Phi) is 5.67. The van der Waals surface area contributed by atoms with Gasteiger partial charge in [0.15, 0.2) is 0 Å². The van der Waals surface area contributed by atoms with Crippen LogP contribution in [0.4, 0.5) is 11.5 Å². The molecule has 9 nitrogen and oxygen atoms in total. The quantitative estimate of drug-likeness (QED) is 0.562. The van der Waals surface area contributed by atoms with Crippen molar-refractivity contribution in [3.05, 3.63) is 58.8 Å². The number of imidazole rings is 1. The van der Waals surface area contributed by atoms with Gasteiger partial charge in [-0.2, -0.15) is 8.42 Å². The third kappa shape index (κ3) is 4.43. The van der Waals surface area contributed by atoms with E-state index in [-0.39, 0.29) is 17.6 Å². The number of H-pyrrole nitrogens is 1. The highest BCUT2D eigenvalue weighted by Gasteiger charge is 2.25. The van der Waals surface area contributed by atoms with Crippen molar-refractivity contribution < 1.29 is 13.2 Å². The van der Waals surface area contributed by atoms with Crippen molar-refractivity contribution in [2.24, 2.45) is 0 Å². The third-order valence-electron chi connectivity index (χ3n) is 5.33. The Morgan fingerprint density at radius 3 is 2.70 bits per heavy atom. The van der Waals surface area contributed by atoms with Crippen LogP contribution in [0.1, 0.15) is 53.3 Å². The molecule has 0 unspecified atom stereocenters. The van der Waals surface area contributed by atoms with Gasteiger partial charge in [0.05, 0.1) is 0 Å². The standard InChI is InChI=1S/C20H22N6O3S/c1-21-18-12-22-19(26-18)20(27)25-17-8-7-14(15-10-23-30(28,29)24-11-15)9-16(17)13-5-3-2-4-6-13/h5,7-9,12,15,23-24H,2-4,6,10-11H2,(H,22,26)(H,25,27). The summed E-state index contributed by atoms with van der Waals surface area (Å²) in [6.45, 7) is 7.64. The lowest BCUT2D eigenvalue weighted by Gasteiger charge is -2.25. The summed E-state index contributed by atoms with van der Waals surface area (Å²) < 4.78 is 28.2. The number of hydrogen-bond acceptors (Lipinski definition) is 4. The molecule has 0 radical (unpaired) electrons.